The Morgan fingerprint density at radius 1 is 1.24 bits per heavy atom. The van der Waals surface area contributed by atoms with Crippen molar-refractivity contribution in [2.75, 3.05) is 31.1 Å². The quantitative estimate of drug-likeness (QED) is 0.930. The number of carboxylic acid groups (broad SMARTS) is 1. The maximum atomic E-state index is 12.7. The van der Waals surface area contributed by atoms with Gasteiger partial charge in [-0.05, 0) is 25.1 Å². The number of nitrogens with zero attached hydrogens (tertiary/aromatic N) is 2. The van der Waals surface area contributed by atoms with Crippen LogP contribution in [0.4, 0.5) is 18.9 Å². The molecule has 1 aliphatic heterocycles. The topological polar surface area (TPSA) is 43.8 Å². The van der Waals surface area contributed by atoms with Gasteiger partial charge >= 0.3 is 12.1 Å². The summed E-state index contributed by atoms with van der Waals surface area (Å²) >= 11 is 0. The summed E-state index contributed by atoms with van der Waals surface area (Å²) < 4.78 is 38.1. The van der Waals surface area contributed by atoms with Crippen molar-refractivity contribution in [3.8, 4) is 0 Å². The molecule has 1 aromatic carbocycles. The summed E-state index contributed by atoms with van der Waals surface area (Å²) in [4.78, 5) is 14.6. The second kappa shape index (κ2) is 5.93. The molecule has 0 aromatic heterocycles. The highest BCUT2D eigenvalue weighted by Gasteiger charge is 2.31. The van der Waals surface area contributed by atoms with Crippen LogP contribution in [0.25, 0.3) is 0 Å². The SMILES string of the molecule is CC(C(=O)O)N1CCN(c2cccc(C(F)(F)F)c2)CC1. The van der Waals surface area contributed by atoms with Gasteiger partial charge in [0.2, 0.25) is 0 Å². The number of rotatable bonds is 3. The summed E-state index contributed by atoms with van der Waals surface area (Å²) in [5, 5.41) is 8.96. The minimum atomic E-state index is -4.35. The van der Waals surface area contributed by atoms with Gasteiger partial charge < -0.3 is 10.0 Å². The molecule has 2 rings (SSSR count). The summed E-state index contributed by atoms with van der Waals surface area (Å²) in [6, 6.07) is 4.65. The largest absolute Gasteiger partial charge is 0.480 e. The Labute approximate surface area is 120 Å². The van der Waals surface area contributed by atoms with Crippen LogP contribution in [0, 0.1) is 0 Å². The van der Waals surface area contributed by atoms with E-state index in [0.717, 1.165) is 12.1 Å². The summed E-state index contributed by atoms with van der Waals surface area (Å²) in [7, 11) is 0. The Balaban J connectivity index is 2.04. The van der Waals surface area contributed by atoms with Gasteiger partial charge in [0, 0.05) is 31.9 Å². The van der Waals surface area contributed by atoms with Gasteiger partial charge in [-0.25, -0.2) is 0 Å². The molecule has 1 fully saturated rings. The molecule has 1 aromatic rings. The molecule has 1 unspecified atom stereocenters. The van der Waals surface area contributed by atoms with Crippen molar-refractivity contribution < 1.29 is 23.1 Å². The number of aliphatic carboxylic acids is 1. The van der Waals surface area contributed by atoms with E-state index in [1.807, 2.05) is 9.80 Å². The highest BCUT2D eigenvalue weighted by atomic mass is 19.4. The van der Waals surface area contributed by atoms with E-state index in [9.17, 15) is 18.0 Å². The average molecular weight is 302 g/mol. The van der Waals surface area contributed by atoms with E-state index >= 15 is 0 Å². The number of halogens is 3. The average Bonchev–Trinajstić information content (AvgIpc) is 2.46. The first-order valence-electron chi connectivity index (χ1n) is 6.68. The monoisotopic (exact) mass is 302 g/mol. The fourth-order valence-electron chi connectivity index (χ4n) is 2.40. The Hall–Kier alpha value is -1.76. The van der Waals surface area contributed by atoms with Crippen LogP contribution in [-0.4, -0.2) is 48.2 Å². The number of alkyl halides is 3. The van der Waals surface area contributed by atoms with E-state index in [-0.39, 0.29) is 0 Å². The fourth-order valence-corrected chi connectivity index (χ4v) is 2.40. The van der Waals surface area contributed by atoms with Crippen molar-refractivity contribution in [1.82, 2.24) is 4.90 Å². The van der Waals surface area contributed by atoms with E-state index in [0.29, 0.717) is 31.9 Å². The van der Waals surface area contributed by atoms with Gasteiger partial charge in [-0.3, -0.25) is 9.69 Å². The zero-order valence-electron chi connectivity index (χ0n) is 11.6. The van der Waals surface area contributed by atoms with E-state index in [2.05, 4.69) is 0 Å². The van der Waals surface area contributed by atoms with Crippen molar-refractivity contribution in [3.63, 3.8) is 0 Å². The Morgan fingerprint density at radius 2 is 1.86 bits per heavy atom. The van der Waals surface area contributed by atoms with Gasteiger partial charge in [-0.15, -0.1) is 0 Å². The number of carboxylic acids is 1. The van der Waals surface area contributed by atoms with Crippen molar-refractivity contribution in [3.05, 3.63) is 29.8 Å². The Bertz CT molecular complexity index is 511. The van der Waals surface area contributed by atoms with Gasteiger partial charge in [0.1, 0.15) is 6.04 Å². The first-order valence-corrected chi connectivity index (χ1v) is 6.68. The number of piperazine rings is 1. The third-order valence-corrected chi connectivity index (χ3v) is 3.76. The van der Waals surface area contributed by atoms with Crippen molar-refractivity contribution in [2.24, 2.45) is 0 Å². The number of carbonyl (C=O) groups is 1. The lowest BCUT2D eigenvalue weighted by Crippen LogP contribution is -2.51. The standard InChI is InChI=1S/C14H17F3N2O2/c1-10(13(20)21)18-5-7-19(8-6-18)12-4-2-3-11(9-12)14(15,16)17/h2-4,9-10H,5-8H2,1H3,(H,20,21). The van der Waals surface area contributed by atoms with Crippen LogP contribution in [0.3, 0.4) is 0 Å². The summed E-state index contributed by atoms with van der Waals surface area (Å²) in [6.07, 6.45) is -4.35. The molecule has 0 bridgehead atoms. The number of hydrogen-bond acceptors (Lipinski definition) is 3. The normalized spacial score (nSPS) is 18.6. The van der Waals surface area contributed by atoms with Crippen LogP contribution in [0.1, 0.15) is 12.5 Å². The van der Waals surface area contributed by atoms with Gasteiger partial charge in [-0.1, -0.05) is 6.07 Å². The Kier molecular flexibility index (Phi) is 4.41. The zero-order chi connectivity index (χ0) is 15.6. The molecule has 21 heavy (non-hydrogen) atoms. The summed E-state index contributed by atoms with van der Waals surface area (Å²) in [6.45, 7) is 3.67. The molecule has 7 heteroatoms. The molecule has 4 nitrogen and oxygen atoms in total. The maximum Gasteiger partial charge on any atom is 0.416 e. The van der Waals surface area contributed by atoms with Crippen LogP contribution >= 0.6 is 0 Å². The van der Waals surface area contributed by atoms with Crippen LogP contribution in [0.5, 0.6) is 0 Å². The lowest BCUT2D eigenvalue weighted by Gasteiger charge is -2.37. The van der Waals surface area contributed by atoms with Crippen LogP contribution < -0.4 is 4.90 Å². The predicted octanol–water partition coefficient (Wildman–Crippen LogP) is 2.30. The molecular formula is C14H17F3N2O2. The third kappa shape index (κ3) is 3.66. The fraction of sp³-hybridized carbons (Fsp3) is 0.500. The number of anilines is 1. The molecule has 1 atom stereocenters. The van der Waals surface area contributed by atoms with Gasteiger partial charge in [-0.2, -0.15) is 13.2 Å². The van der Waals surface area contributed by atoms with Crippen LogP contribution in [0.2, 0.25) is 0 Å². The summed E-state index contributed by atoms with van der Waals surface area (Å²) in [5.41, 5.74) is -0.145. The molecule has 1 N–H and O–H groups in total. The minimum absolute atomic E-state index is 0.513. The highest BCUT2D eigenvalue weighted by Crippen LogP contribution is 2.31. The smallest absolute Gasteiger partial charge is 0.416 e. The maximum absolute atomic E-state index is 12.7. The van der Waals surface area contributed by atoms with Crippen molar-refractivity contribution in [2.45, 2.75) is 19.1 Å². The number of benzene rings is 1. The van der Waals surface area contributed by atoms with Crippen molar-refractivity contribution in [1.29, 1.82) is 0 Å². The summed E-state index contributed by atoms with van der Waals surface area (Å²) in [5.74, 6) is -0.887. The van der Waals surface area contributed by atoms with E-state index in [1.54, 1.807) is 13.0 Å². The van der Waals surface area contributed by atoms with Gasteiger partial charge in [0.15, 0.2) is 0 Å². The second-order valence-corrected chi connectivity index (χ2v) is 5.09. The molecule has 1 aliphatic rings. The van der Waals surface area contributed by atoms with E-state index in [1.165, 1.54) is 6.07 Å². The first kappa shape index (κ1) is 15.6. The molecule has 1 saturated heterocycles. The lowest BCUT2D eigenvalue weighted by molar-refractivity contribution is -0.142. The predicted molar refractivity (Wildman–Crippen MR) is 72.3 cm³/mol. The molecule has 0 radical (unpaired) electrons. The molecule has 0 spiro atoms. The zero-order valence-corrected chi connectivity index (χ0v) is 11.6. The van der Waals surface area contributed by atoms with Crippen LogP contribution in [-0.2, 0) is 11.0 Å². The molecule has 116 valence electrons. The van der Waals surface area contributed by atoms with E-state index < -0.39 is 23.8 Å². The molecule has 0 aliphatic carbocycles. The second-order valence-electron chi connectivity index (χ2n) is 5.09. The van der Waals surface area contributed by atoms with Gasteiger partial charge in [0.05, 0.1) is 5.56 Å². The van der Waals surface area contributed by atoms with Crippen molar-refractivity contribution >= 4 is 11.7 Å². The highest BCUT2D eigenvalue weighted by molar-refractivity contribution is 5.73. The minimum Gasteiger partial charge on any atom is -0.480 e. The van der Waals surface area contributed by atoms with Gasteiger partial charge in [0.25, 0.3) is 0 Å². The Morgan fingerprint density at radius 3 is 2.38 bits per heavy atom. The molecule has 0 saturated carbocycles. The van der Waals surface area contributed by atoms with E-state index in [4.69, 9.17) is 5.11 Å². The third-order valence-electron chi connectivity index (χ3n) is 3.76. The lowest BCUT2D eigenvalue weighted by atomic mass is 10.1. The van der Waals surface area contributed by atoms with Crippen LogP contribution in [0.15, 0.2) is 24.3 Å². The first-order chi connectivity index (χ1) is 9.79. The molecular weight excluding hydrogens is 285 g/mol. The molecule has 1 heterocycles. The molecule has 0 amide bonds. The number of hydrogen-bond donors (Lipinski definition) is 1.